The zero-order valence-corrected chi connectivity index (χ0v) is 18.2. The molecular formula is C24H24N4O4. The molecule has 0 fully saturated rings. The van der Waals surface area contributed by atoms with Crippen LogP contribution in [-0.2, 0) is 6.42 Å². The molecule has 0 atom stereocenters. The van der Waals surface area contributed by atoms with Crippen molar-refractivity contribution in [1.82, 2.24) is 10.4 Å². The van der Waals surface area contributed by atoms with Crippen LogP contribution < -0.4 is 15.5 Å². The van der Waals surface area contributed by atoms with Crippen LogP contribution in [0.2, 0.25) is 0 Å². The second-order valence-electron chi connectivity index (χ2n) is 7.53. The van der Waals surface area contributed by atoms with Gasteiger partial charge < -0.3 is 14.5 Å². The summed E-state index contributed by atoms with van der Waals surface area (Å²) in [5.41, 5.74) is 5.96. The van der Waals surface area contributed by atoms with E-state index in [4.69, 9.17) is 9.15 Å². The number of furan rings is 1. The third kappa shape index (κ3) is 4.25. The molecule has 0 bridgehead atoms. The van der Waals surface area contributed by atoms with Gasteiger partial charge in [-0.3, -0.25) is 9.59 Å². The standard InChI is InChI=1S/C24H24N4O4/c1-14-8-6-13-20(25-14)26-24(30)22-15(2)21-17(10-7-12-19(21)32-22)27-28-23(29)16-9-4-5-11-18(16)31-3/h4-6,8-9,11,13H,7,10,12H2,1-3H3,(H,28,29)(H,25,26,30)/b27-17+. The molecule has 0 aliphatic heterocycles. The van der Waals surface area contributed by atoms with E-state index in [-0.39, 0.29) is 17.6 Å². The zero-order chi connectivity index (χ0) is 22.7. The second-order valence-corrected chi connectivity index (χ2v) is 7.53. The van der Waals surface area contributed by atoms with Crippen LogP contribution in [0.4, 0.5) is 5.82 Å². The predicted octanol–water partition coefficient (Wildman–Crippen LogP) is 4.02. The number of fused-ring (bicyclic) bond motifs is 1. The molecule has 0 unspecified atom stereocenters. The molecule has 0 radical (unpaired) electrons. The number of ether oxygens (including phenoxy) is 1. The van der Waals surface area contributed by atoms with Gasteiger partial charge in [-0.05, 0) is 51.0 Å². The fraction of sp³-hybridized carbons (Fsp3) is 0.250. The fourth-order valence-electron chi connectivity index (χ4n) is 3.79. The number of hydrogen-bond acceptors (Lipinski definition) is 6. The average Bonchev–Trinajstić information content (AvgIpc) is 3.14. The number of aryl methyl sites for hydroxylation is 2. The van der Waals surface area contributed by atoms with Crippen LogP contribution in [0, 0.1) is 13.8 Å². The van der Waals surface area contributed by atoms with Crippen LogP contribution in [0.5, 0.6) is 5.75 Å². The van der Waals surface area contributed by atoms with Gasteiger partial charge in [-0.2, -0.15) is 5.10 Å². The van der Waals surface area contributed by atoms with Gasteiger partial charge in [-0.1, -0.05) is 18.2 Å². The Morgan fingerprint density at radius 3 is 2.66 bits per heavy atom. The third-order valence-electron chi connectivity index (χ3n) is 5.31. The monoisotopic (exact) mass is 432 g/mol. The van der Waals surface area contributed by atoms with E-state index in [0.29, 0.717) is 47.0 Å². The van der Waals surface area contributed by atoms with Gasteiger partial charge in [0.2, 0.25) is 0 Å². The molecule has 164 valence electrons. The predicted molar refractivity (Wildman–Crippen MR) is 120 cm³/mol. The maximum Gasteiger partial charge on any atom is 0.292 e. The normalized spacial score (nSPS) is 14.0. The highest BCUT2D eigenvalue weighted by atomic mass is 16.5. The number of carbonyl (C=O) groups excluding carboxylic acids is 2. The lowest BCUT2D eigenvalue weighted by Gasteiger charge is -2.14. The summed E-state index contributed by atoms with van der Waals surface area (Å²) in [6.45, 7) is 3.68. The largest absolute Gasteiger partial charge is 0.496 e. The number of nitrogens with zero attached hydrogens (tertiary/aromatic N) is 2. The number of hydrazone groups is 1. The highest BCUT2D eigenvalue weighted by Crippen LogP contribution is 2.30. The van der Waals surface area contributed by atoms with Gasteiger partial charge in [0, 0.05) is 23.2 Å². The number of nitrogens with one attached hydrogen (secondary N) is 2. The SMILES string of the molecule is COc1ccccc1C(=O)N/N=C1\CCCc2oc(C(=O)Nc3cccc(C)n3)c(C)c21. The van der Waals surface area contributed by atoms with Crippen molar-refractivity contribution < 1.29 is 18.7 Å². The highest BCUT2D eigenvalue weighted by molar-refractivity contribution is 6.09. The summed E-state index contributed by atoms with van der Waals surface area (Å²) in [5, 5.41) is 7.14. The molecule has 1 aliphatic rings. The molecule has 8 heteroatoms. The van der Waals surface area contributed by atoms with Crippen molar-refractivity contribution in [3.63, 3.8) is 0 Å². The van der Waals surface area contributed by atoms with Crippen molar-refractivity contribution in [3.8, 4) is 5.75 Å². The molecular weight excluding hydrogens is 408 g/mol. The average molecular weight is 432 g/mol. The number of hydrogen-bond donors (Lipinski definition) is 2. The van der Waals surface area contributed by atoms with Crippen molar-refractivity contribution >= 4 is 23.3 Å². The van der Waals surface area contributed by atoms with E-state index >= 15 is 0 Å². The van der Waals surface area contributed by atoms with Gasteiger partial charge >= 0.3 is 0 Å². The molecule has 4 rings (SSSR count). The summed E-state index contributed by atoms with van der Waals surface area (Å²) in [6, 6.07) is 12.4. The molecule has 8 nitrogen and oxygen atoms in total. The number of rotatable bonds is 5. The Balaban J connectivity index is 1.58. The Labute approximate surface area is 185 Å². The molecule has 0 spiro atoms. The number of pyridine rings is 1. The fourth-order valence-corrected chi connectivity index (χ4v) is 3.79. The van der Waals surface area contributed by atoms with E-state index in [0.717, 1.165) is 17.7 Å². The van der Waals surface area contributed by atoms with Crippen molar-refractivity contribution in [3.05, 3.63) is 76.4 Å². The number of anilines is 1. The van der Waals surface area contributed by atoms with Crippen molar-refractivity contribution in [2.24, 2.45) is 5.10 Å². The molecule has 2 aromatic heterocycles. The van der Waals surface area contributed by atoms with E-state index < -0.39 is 0 Å². The molecule has 3 aromatic rings. The Morgan fingerprint density at radius 1 is 1.06 bits per heavy atom. The molecule has 32 heavy (non-hydrogen) atoms. The van der Waals surface area contributed by atoms with E-state index in [9.17, 15) is 9.59 Å². The quantitative estimate of drug-likeness (QED) is 0.592. The van der Waals surface area contributed by atoms with Gasteiger partial charge in [0.1, 0.15) is 17.3 Å². The lowest BCUT2D eigenvalue weighted by molar-refractivity contribution is 0.0950. The summed E-state index contributed by atoms with van der Waals surface area (Å²) in [4.78, 5) is 29.7. The molecule has 2 N–H and O–H groups in total. The zero-order valence-electron chi connectivity index (χ0n) is 18.2. The minimum Gasteiger partial charge on any atom is -0.496 e. The van der Waals surface area contributed by atoms with Crippen molar-refractivity contribution in [1.29, 1.82) is 0 Å². The van der Waals surface area contributed by atoms with E-state index in [1.54, 1.807) is 30.3 Å². The number of para-hydroxylation sites is 1. The van der Waals surface area contributed by atoms with Gasteiger partial charge in [0.15, 0.2) is 5.76 Å². The Kier molecular flexibility index (Phi) is 6.02. The van der Waals surface area contributed by atoms with E-state index in [1.165, 1.54) is 7.11 Å². The molecule has 1 aliphatic carbocycles. The molecule has 1 aromatic carbocycles. The van der Waals surface area contributed by atoms with Crippen LogP contribution in [0.1, 0.15) is 56.3 Å². The first-order valence-corrected chi connectivity index (χ1v) is 10.4. The number of aromatic nitrogens is 1. The smallest absolute Gasteiger partial charge is 0.292 e. The Hall–Kier alpha value is -3.94. The van der Waals surface area contributed by atoms with Crippen LogP contribution in [-0.4, -0.2) is 29.6 Å². The van der Waals surface area contributed by atoms with Crippen molar-refractivity contribution in [2.45, 2.75) is 33.1 Å². The maximum atomic E-state index is 12.8. The van der Waals surface area contributed by atoms with E-state index in [1.807, 2.05) is 26.0 Å². The van der Waals surface area contributed by atoms with Gasteiger partial charge in [-0.15, -0.1) is 0 Å². The van der Waals surface area contributed by atoms with Crippen LogP contribution in [0.15, 0.2) is 52.0 Å². The van der Waals surface area contributed by atoms with Crippen LogP contribution in [0.3, 0.4) is 0 Å². The number of amides is 2. The minimum absolute atomic E-state index is 0.226. The third-order valence-corrected chi connectivity index (χ3v) is 5.31. The van der Waals surface area contributed by atoms with Crippen LogP contribution >= 0.6 is 0 Å². The second kappa shape index (κ2) is 9.05. The summed E-state index contributed by atoms with van der Waals surface area (Å²) < 4.78 is 11.2. The highest BCUT2D eigenvalue weighted by Gasteiger charge is 2.28. The summed E-state index contributed by atoms with van der Waals surface area (Å²) in [5.74, 6) is 1.11. The lowest BCUT2D eigenvalue weighted by atomic mass is 9.93. The summed E-state index contributed by atoms with van der Waals surface area (Å²) in [6.07, 6.45) is 2.18. The van der Waals surface area contributed by atoms with Crippen LogP contribution in [0.25, 0.3) is 0 Å². The lowest BCUT2D eigenvalue weighted by Crippen LogP contribution is -2.22. The summed E-state index contributed by atoms with van der Waals surface area (Å²) in [7, 11) is 1.51. The number of benzene rings is 1. The Bertz CT molecular complexity index is 1210. The Morgan fingerprint density at radius 2 is 1.88 bits per heavy atom. The first-order chi connectivity index (χ1) is 15.5. The molecule has 2 amide bonds. The van der Waals surface area contributed by atoms with Gasteiger partial charge in [-0.25, -0.2) is 10.4 Å². The molecule has 2 heterocycles. The maximum absolute atomic E-state index is 12.8. The molecule has 0 saturated heterocycles. The number of methoxy groups -OCH3 is 1. The minimum atomic E-state index is -0.369. The van der Waals surface area contributed by atoms with Gasteiger partial charge in [0.05, 0.1) is 18.4 Å². The van der Waals surface area contributed by atoms with E-state index in [2.05, 4.69) is 20.8 Å². The van der Waals surface area contributed by atoms with Gasteiger partial charge in [0.25, 0.3) is 11.8 Å². The number of carbonyl (C=O) groups is 2. The first kappa shape index (κ1) is 21.3. The topological polar surface area (TPSA) is 106 Å². The molecule has 0 saturated carbocycles. The summed E-state index contributed by atoms with van der Waals surface area (Å²) >= 11 is 0. The van der Waals surface area contributed by atoms with Crippen molar-refractivity contribution in [2.75, 3.05) is 12.4 Å². The first-order valence-electron chi connectivity index (χ1n) is 10.4.